The van der Waals surface area contributed by atoms with Crippen LogP contribution in [0.5, 0.6) is 11.5 Å². The molecule has 3 aromatic carbocycles. The lowest BCUT2D eigenvalue weighted by molar-refractivity contribution is -0.384. The summed E-state index contributed by atoms with van der Waals surface area (Å²) in [7, 11) is 1.47. The molecule has 0 atom stereocenters. The normalized spacial score (nSPS) is 10.8. The minimum atomic E-state index is -0.665. The third-order valence-corrected chi connectivity index (χ3v) is 5.36. The van der Waals surface area contributed by atoms with E-state index in [1.165, 1.54) is 49.6 Å². The van der Waals surface area contributed by atoms with Crippen molar-refractivity contribution >= 4 is 45.9 Å². The van der Waals surface area contributed by atoms with Crippen molar-refractivity contribution in [3.8, 4) is 17.6 Å². The van der Waals surface area contributed by atoms with Gasteiger partial charge in [0.1, 0.15) is 24.1 Å². The van der Waals surface area contributed by atoms with E-state index in [1.807, 2.05) is 6.07 Å². The number of nitrogens with zero attached hydrogens (tertiary/aromatic N) is 2. The topological polar surface area (TPSA) is 114 Å². The molecule has 1 amide bonds. The Hall–Kier alpha value is -3.98. The van der Waals surface area contributed by atoms with Gasteiger partial charge in [0.25, 0.3) is 11.6 Å². The van der Waals surface area contributed by atoms with E-state index in [0.717, 1.165) is 5.56 Å². The number of rotatable bonds is 8. The number of nitriles is 1. The first-order chi connectivity index (χ1) is 16.3. The predicted octanol–water partition coefficient (Wildman–Crippen LogP) is 5.47. The molecule has 0 radical (unpaired) electrons. The summed E-state index contributed by atoms with van der Waals surface area (Å²) < 4.78 is 25.0. The molecule has 0 unspecified atom stereocenters. The third kappa shape index (κ3) is 6.29. The first kappa shape index (κ1) is 24.7. The van der Waals surface area contributed by atoms with Crippen LogP contribution in [0.25, 0.3) is 6.08 Å². The zero-order chi connectivity index (χ0) is 24.7. The molecule has 0 heterocycles. The lowest BCUT2D eigenvalue weighted by atomic mass is 10.1. The minimum absolute atomic E-state index is 0.113. The van der Waals surface area contributed by atoms with Gasteiger partial charge in [-0.2, -0.15) is 5.26 Å². The van der Waals surface area contributed by atoms with Crippen molar-refractivity contribution < 1.29 is 23.6 Å². The van der Waals surface area contributed by atoms with Crippen LogP contribution in [0.3, 0.4) is 0 Å². The van der Waals surface area contributed by atoms with E-state index in [2.05, 4.69) is 27.9 Å². The van der Waals surface area contributed by atoms with Crippen molar-refractivity contribution in [3.63, 3.8) is 0 Å². The summed E-state index contributed by atoms with van der Waals surface area (Å²) in [6, 6.07) is 16.4. The van der Waals surface area contributed by atoms with Crippen molar-refractivity contribution in [1.29, 1.82) is 5.26 Å². The van der Waals surface area contributed by atoms with Gasteiger partial charge in [-0.25, -0.2) is 4.39 Å². The lowest BCUT2D eigenvalue weighted by Gasteiger charge is -2.14. The number of amides is 1. The highest BCUT2D eigenvalue weighted by Crippen LogP contribution is 2.35. The summed E-state index contributed by atoms with van der Waals surface area (Å²) in [6.45, 7) is 0.197. The van der Waals surface area contributed by atoms with Crippen molar-refractivity contribution in [3.05, 3.63) is 96.9 Å². The van der Waals surface area contributed by atoms with E-state index in [0.29, 0.717) is 26.3 Å². The molecule has 8 nitrogen and oxygen atoms in total. The largest absolute Gasteiger partial charge is 0.493 e. The van der Waals surface area contributed by atoms with Gasteiger partial charge in [0.2, 0.25) is 0 Å². The highest BCUT2D eigenvalue weighted by molar-refractivity contribution is 14.1. The highest BCUT2D eigenvalue weighted by atomic mass is 127. The number of nitrogens with one attached hydrogen (secondary N) is 1. The number of methoxy groups -OCH3 is 1. The van der Waals surface area contributed by atoms with Crippen molar-refractivity contribution in [1.82, 2.24) is 0 Å². The number of halogens is 2. The van der Waals surface area contributed by atoms with Crippen LogP contribution in [0.1, 0.15) is 11.1 Å². The number of benzene rings is 3. The highest BCUT2D eigenvalue weighted by Gasteiger charge is 2.15. The molecule has 0 aliphatic rings. The maximum Gasteiger partial charge on any atom is 0.269 e. The van der Waals surface area contributed by atoms with Crippen LogP contribution in [0.15, 0.2) is 66.2 Å². The third-order valence-electron chi connectivity index (χ3n) is 4.56. The van der Waals surface area contributed by atoms with Gasteiger partial charge in [-0.1, -0.05) is 12.1 Å². The number of ether oxygens (including phenoxy) is 2. The molecule has 1 N–H and O–H groups in total. The van der Waals surface area contributed by atoms with Crippen molar-refractivity contribution in [2.75, 3.05) is 12.4 Å². The number of hydrogen-bond acceptors (Lipinski definition) is 6. The van der Waals surface area contributed by atoms with Gasteiger partial charge in [-0.3, -0.25) is 14.9 Å². The summed E-state index contributed by atoms with van der Waals surface area (Å²) in [4.78, 5) is 22.7. The molecule has 0 aliphatic heterocycles. The average molecular weight is 573 g/mol. The molecule has 34 heavy (non-hydrogen) atoms. The number of carbonyl (C=O) groups is 1. The van der Waals surface area contributed by atoms with Gasteiger partial charge >= 0.3 is 0 Å². The Balaban J connectivity index is 1.78. The van der Waals surface area contributed by atoms with E-state index < -0.39 is 10.8 Å². The van der Waals surface area contributed by atoms with Gasteiger partial charge in [0.15, 0.2) is 11.5 Å². The predicted molar refractivity (Wildman–Crippen MR) is 132 cm³/mol. The molecule has 0 bridgehead atoms. The Morgan fingerprint density at radius 2 is 1.88 bits per heavy atom. The van der Waals surface area contributed by atoms with Gasteiger partial charge in [-0.15, -0.1) is 0 Å². The minimum Gasteiger partial charge on any atom is -0.493 e. The second-order valence-electron chi connectivity index (χ2n) is 6.88. The van der Waals surface area contributed by atoms with Gasteiger partial charge in [0, 0.05) is 17.8 Å². The van der Waals surface area contributed by atoms with Gasteiger partial charge in [-0.05, 0) is 76.2 Å². The monoisotopic (exact) mass is 573 g/mol. The summed E-state index contributed by atoms with van der Waals surface area (Å²) in [5.74, 6) is -0.133. The second-order valence-corrected chi connectivity index (χ2v) is 8.04. The van der Waals surface area contributed by atoms with E-state index in [4.69, 9.17) is 9.47 Å². The number of hydrogen-bond donors (Lipinski definition) is 1. The summed E-state index contributed by atoms with van der Waals surface area (Å²) in [5, 5.41) is 22.8. The van der Waals surface area contributed by atoms with Crippen LogP contribution in [0.2, 0.25) is 0 Å². The van der Waals surface area contributed by atoms with Gasteiger partial charge in [0.05, 0.1) is 15.6 Å². The quantitative estimate of drug-likeness (QED) is 0.126. The molecule has 0 saturated carbocycles. The van der Waals surface area contributed by atoms with Crippen LogP contribution >= 0.6 is 22.6 Å². The first-order valence-electron chi connectivity index (χ1n) is 9.73. The SMILES string of the molecule is COc1cc(C=C(C#N)C(=O)Nc2ccc([N+](=O)[O-])cc2)cc(I)c1OCc1ccc(F)cc1. The van der Waals surface area contributed by atoms with Crippen LogP contribution < -0.4 is 14.8 Å². The number of nitro benzene ring substituents is 1. The van der Waals surface area contributed by atoms with E-state index in [1.54, 1.807) is 24.3 Å². The number of anilines is 1. The average Bonchev–Trinajstić information content (AvgIpc) is 2.82. The molecule has 0 fully saturated rings. The molecule has 10 heteroatoms. The maximum absolute atomic E-state index is 13.1. The Morgan fingerprint density at radius 1 is 1.21 bits per heavy atom. The van der Waals surface area contributed by atoms with Gasteiger partial charge < -0.3 is 14.8 Å². The maximum atomic E-state index is 13.1. The zero-order valence-electron chi connectivity index (χ0n) is 17.7. The van der Waals surface area contributed by atoms with Crippen LogP contribution in [-0.2, 0) is 11.4 Å². The Morgan fingerprint density at radius 3 is 2.47 bits per heavy atom. The smallest absolute Gasteiger partial charge is 0.269 e. The Labute approximate surface area is 207 Å². The number of nitro groups is 1. The van der Waals surface area contributed by atoms with E-state index in [-0.39, 0.29) is 23.7 Å². The number of non-ortho nitro benzene ring substituents is 1. The molecule has 3 rings (SSSR count). The Bertz CT molecular complexity index is 1290. The summed E-state index contributed by atoms with van der Waals surface area (Å²) in [5.41, 5.74) is 1.34. The molecule has 3 aromatic rings. The summed E-state index contributed by atoms with van der Waals surface area (Å²) >= 11 is 2.05. The fourth-order valence-electron chi connectivity index (χ4n) is 2.88. The summed E-state index contributed by atoms with van der Waals surface area (Å²) in [6.07, 6.45) is 1.40. The molecule has 172 valence electrons. The van der Waals surface area contributed by atoms with Crippen LogP contribution in [0, 0.1) is 30.8 Å². The molecule has 0 saturated heterocycles. The second kappa shape index (κ2) is 11.2. The fourth-order valence-corrected chi connectivity index (χ4v) is 3.66. The van der Waals surface area contributed by atoms with Crippen LogP contribution in [-0.4, -0.2) is 17.9 Å². The number of carbonyl (C=O) groups excluding carboxylic acids is 1. The Kier molecular flexibility index (Phi) is 8.15. The molecular weight excluding hydrogens is 556 g/mol. The van der Waals surface area contributed by atoms with Crippen LogP contribution in [0.4, 0.5) is 15.8 Å². The van der Waals surface area contributed by atoms with E-state index in [9.17, 15) is 24.6 Å². The van der Waals surface area contributed by atoms with E-state index >= 15 is 0 Å². The molecule has 0 spiro atoms. The standard InChI is InChI=1S/C24H17FIN3O5/c1-33-22-12-16(11-21(26)23(22)34-14-15-2-4-18(25)5-3-15)10-17(13-27)24(30)28-19-6-8-20(9-7-19)29(31)32/h2-12H,14H2,1H3,(H,28,30). The molecular formula is C24H17FIN3O5. The first-order valence-corrected chi connectivity index (χ1v) is 10.8. The van der Waals surface area contributed by atoms with Crippen molar-refractivity contribution in [2.45, 2.75) is 6.61 Å². The lowest BCUT2D eigenvalue weighted by Crippen LogP contribution is -2.13. The van der Waals surface area contributed by atoms with Crippen molar-refractivity contribution in [2.24, 2.45) is 0 Å². The zero-order valence-corrected chi connectivity index (χ0v) is 19.9. The fraction of sp³-hybridized carbons (Fsp3) is 0.0833. The molecule has 0 aliphatic carbocycles. The molecule has 0 aromatic heterocycles.